The molecule has 0 aliphatic heterocycles. The summed E-state index contributed by atoms with van der Waals surface area (Å²) < 4.78 is 16.8. The molecule has 0 aromatic rings. The summed E-state index contributed by atoms with van der Waals surface area (Å²) in [4.78, 5) is 38.1. The van der Waals surface area contributed by atoms with Crippen molar-refractivity contribution in [3.63, 3.8) is 0 Å². The number of carbonyl (C=O) groups is 3. The highest BCUT2D eigenvalue weighted by molar-refractivity contribution is 5.71. The van der Waals surface area contributed by atoms with Crippen molar-refractivity contribution < 1.29 is 28.6 Å². The van der Waals surface area contributed by atoms with E-state index in [1.165, 1.54) is 44.9 Å². The first-order valence-electron chi connectivity index (χ1n) is 28.8. The first-order chi connectivity index (χ1) is 35.5. The molecule has 0 rings (SSSR count). The number of hydrogen-bond acceptors (Lipinski definition) is 6. The van der Waals surface area contributed by atoms with Gasteiger partial charge in [0.2, 0.25) is 0 Å². The van der Waals surface area contributed by atoms with E-state index >= 15 is 0 Å². The Morgan fingerprint density at radius 2 is 0.556 bits per heavy atom. The third kappa shape index (κ3) is 56.2. The van der Waals surface area contributed by atoms with Crippen molar-refractivity contribution in [3.05, 3.63) is 146 Å². The van der Waals surface area contributed by atoms with Crippen LogP contribution in [0.4, 0.5) is 0 Å². The first-order valence-corrected chi connectivity index (χ1v) is 28.8. The predicted molar refractivity (Wildman–Crippen MR) is 311 cm³/mol. The predicted octanol–water partition coefficient (Wildman–Crippen LogP) is 19.6. The van der Waals surface area contributed by atoms with E-state index in [0.29, 0.717) is 19.3 Å². The number of ether oxygens (including phenoxy) is 3. The van der Waals surface area contributed by atoms with Gasteiger partial charge in [-0.1, -0.05) is 244 Å². The maximum atomic E-state index is 12.8. The van der Waals surface area contributed by atoms with Gasteiger partial charge in [0.15, 0.2) is 6.10 Å². The van der Waals surface area contributed by atoms with Crippen LogP contribution in [-0.4, -0.2) is 37.2 Å². The fourth-order valence-corrected chi connectivity index (χ4v) is 7.34. The smallest absolute Gasteiger partial charge is 0.306 e. The summed E-state index contributed by atoms with van der Waals surface area (Å²) in [5.74, 6) is -0.998. The molecule has 72 heavy (non-hydrogen) atoms. The van der Waals surface area contributed by atoms with Gasteiger partial charge in [0.1, 0.15) is 13.2 Å². The van der Waals surface area contributed by atoms with E-state index in [1.54, 1.807) is 0 Å². The fraction of sp³-hybridized carbons (Fsp3) is 0.591. The van der Waals surface area contributed by atoms with Crippen LogP contribution in [0.3, 0.4) is 0 Å². The molecule has 1 atom stereocenters. The molecule has 404 valence electrons. The van der Waals surface area contributed by atoms with Crippen molar-refractivity contribution in [2.24, 2.45) is 0 Å². The number of hydrogen-bond donors (Lipinski definition) is 0. The average molecular weight is 994 g/mol. The van der Waals surface area contributed by atoms with E-state index < -0.39 is 6.10 Å². The zero-order chi connectivity index (χ0) is 52.2. The molecule has 0 heterocycles. The maximum Gasteiger partial charge on any atom is 0.306 e. The molecule has 0 bridgehead atoms. The summed E-state index contributed by atoms with van der Waals surface area (Å²) in [6.45, 7) is 6.32. The largest absolute Gasteiger partial charge is 0.462 e. The molecule has 0 saturated carbocycles. The minimum atomic E-state index is -0.820. The molecule has 0 N–H and O–H groups in total. The van der Waals surface area contributed by atoms with Gasteiger partial charge in [0, 0.05) is 19.3 Å². The highest BCUT2D eigenvalue weighted by Crippen LogP contribution is 2.13. The molecule has 0 saturated heterocycles. The molecule has 0 fully saturated rings. The van der Waals surface area contributed by atoms with Crippen molar-refractivity contribution in [3.8, 4) is 0 Å². The van der Waals surface area contributed by atoms with Gasteiger partial charge in [0.05, 0.1) is 0 Å². The Morgan fingerprint density at radius 3 is 0.889 bits per heavy atom. The van der Waals surface area contributed by atoms with E-state index in [9.17, 15) is 14.4 Å². The van der Waals surface area contributed by atoms with Gasteiger partial charge in [0.25, 0.3) is 0 Å². The second kappa shape index (κ2) is 58.9. The summed E-state index contributed by atoms with van der Waals surface area (Å²) in [5.41, 5.74) is 0. The van der Waals surface area contributed by atoms with Crippen LogP contribution in [0.5, 0.6) is 0 Å². The average Bonchev–Trinajstić information content (AvgIpc) is 3.38. The van der Waals surface area contributed by atoms with Crippen molar-refractivity contribution >= 4 is 17.9 Å². The molecule has 0 aromatic heterocycles. The van der Waals surface area contributed by atoms with Gasteiger partial charge in [-0.3, -0.25) is 14.4 Å². The molecule has 0 radical (unpaired) electrons. The van der Waals surface area contributed by atoms with Crippen LogP contribution < -0.4 is 0 Å². The van der Waals surface area contributed by atoms with Crippen LogP contribution in [0.1, 0.15) is 233 Å². The van der Waals surface area contributed by atoms with Crippen molar-refractivity contribution in [2.75, 3.05) is 13.2 Å². The lowest BCUT2D eigenvalue weighted by Crippen LogP contribution is -2.30. The Hall–Kier alpha value is -4.71. The Morgan fingerprint density at radius 1 is 0.292 bits per heavy atom. The number of allylic oxidation sites excluding steroid dienone is 24. The van der Waals surface area contributed by atoms with E-state index in [4.69, 9.17) is 14.2 Å². The van der Waals surface area contributed by atoms with Gasteiger partial charge in [-0.15, -0.1) is 0 Å². The lowest BCUT2D eigenvalue weighted by atomic mass is 10.1. The zero-order valence-electron chi connectivity index (χ0n) is 46.1. The molecular formula is C66H104O6. The number of rotatable bonds is 50. The second-order valence-corrected chi connectivity index (χ2v) is 18.4. The Bertz CT molecular complexity index is 1610. The standard InChI is InChI=1S/C66H104O6/c1-4-7-10-13-16-19-22-24-26-28-29-30-31-32-33-34-35-36-37-39-40-42-44-47-50-53-56-59-65(68)71-62-63(61-70-64(67)58-55-52-49-46-21-18-15-12-9-6-3)72-66(69)60-57-54-51-48-45-43-41-38-27-25-23-20-17-14-11-8-5-2/h7-8,10-11,16-17,19-20,24-27,29-30,32-33,35-36,39-41,43,48,51,63H,4-6,9,12-15,18,21-23,28,31,34,37-38,42,44-47,49-50,52-62H2,1-3H3/b10-7-,11-8-,19-16-,20-17-,26-24-,27-25-,30-29-,33-32-,36-35-,40-39-,43-41-,51-48-. The van der Waals surface area contributed by atoms with Crippen LogP contribution in [0.25, 0.3) is 0 Å². The van der Waals surface area contributed by atoms with Crippen LogP contribution >= 0.6 is 0 Å². The molecule has 1 unspecified atom stereocenters. The van der Waals surface area contributed by atoms with Crippen LogP contribution in [0, 0.1) is 0 Å². The van der Waals surface area contributed by atoms with Gasteiger partial charge < -0.3 is 14.2 Å². The van der Waals surface area contributed by atoms with Crippen molar-refractivity contribution in [1.29, 1.82) is 0 Å². The van der Waals surface area contributed by atoms with E-state index in [1.807, 2.05) is 0 Å². The number of carbonyl (C=O) groups excluding carboxylic acids is 3. The highest BCUT2D eigenvalue weighted by atomic mass is 16.6. The summed E-state index contributed by atoms with van der Waals surface area (Å²) in [6, 6.07) is 0. The van der Waals surface area contributed by atoms with Crippen LogP contribution in [0.2, 0.25) is 0 Å². The Balaban J connectivity index is 4.42. The zero-order valence-corrected chi connectivity index (χ0v) is 46.1. The van der Waals surface area contributed by atoms with Gasteiger partial charge in [-0.2, -0.15) is 0 Å². The minimum Gasteiger partial charge on any atom is -0.462 e. The highest BCUT2D eigenvalue weighted by Gasteiger charge is 2.19. The van der Waals surface area contributed by atoms with Gasteiger partial charge in [-0.05, 0) is 116 Å². The quantitative estimate of drug-likeness (QED) is 0.0261. The summed E-state index contributed by atoms with van der Waals surface area (Å²) >= 11 is 0. The normalized spacial score (nSPS) is 13.2. The summed E-state index contributed by atoms with van der Waals surface area (Å²) in [7, 11) is 0. The lowest BCUT2D eigenvalue weighted by Gasteiger charge is -2.18. The first kappa shape index (κ1) is 67.3. The topological polar surface area (TPSA) is 78.9 Å². The van der Waals surface area contributed by atoms with Crippen LogP contribution in [-0.2, 0) is 28.6 Å². The second-order valence-electron chi connectivity index (χ2n) is 18.4. The molecule has 0 aliphatic rings. The lowest BCUT2D eigenvalue weighted by molar-refractivity contribution is -0.167. The van der Waals surface area contributed by atoms with Crippen molar-refractivity contribution in [2.45, 2.75) is 239 Å². The Labute approximate surface area is 442 Å². The number of unbranched alkanes of at least 4 members (excludes halogenated alkanes) is 15. The minimum absolute atomic E-state index is 0.111. The molecule has 0 amide bonds. The van der Waals surface area contributed by atoms with E-state index in [2.05, 4.69) is 167 Å². The summed E-state index contributed by atoms with van der Waals surface area (Å²) in [5, 5.41) is 0. The molecule has 6 nitrogen and oxygen atoms in total. The third-order valence-corrected chi connectivity index (χ3v) is 11.6. The molecule has 0 spiro atoms. The molecular weight excluding hydrogens is 889 g/mol. The van der Waals surface area contributed by atoms with Gasteiger partial charge >= 0.3 is 17.9 Å². The fourth-order valence-electron chi connectivity index (χ4n) is 7.34. The number of esters is 3. The molecule has 0 aromatic carbocycles. The molecule has 6 heteroatoms. The van der Waals surface area contributed by atoms with Crippen LogP contribution in [0.15, 0.2) is 146 Å². The Kier molecular flexibility index (Phi) is 55.0. The summed E-state index contributed by atoms with van der Waals surface area (Å²) in [6.07, 6.45) is 84.2. The monoisotopic (exact) mass is 993 g/mol. The molecule has 0 aliphatic carbocycles. The van der Waals surface area contributed by atoms with E-state index in [0.717, 1.165) is 141 Å². The SMILES string of the molecule is CC/C=C\C/C=C\C/C=C\C/C=C\C/C=C\C/C=C\C/C=C\CCCCCCCC(=O)OCC(COC(=O)CCCCCCCCCCCC)OC(=O)CCC/C=C\C/C=C\C/C=C\C/C=C\C/C=C\CC. The van der Waals surface area contributed by atoms with Gasteiger partial charge in [-0.25, -0.2) is 0 Å². The van der Waals surface area contributed by atoms with E-state index in [-0.39, 0.29) is 37.5 Å². The third-order valence-electron chi connectivity index (χ3n) is 11.6. The maximum absolute atomic E-state index is 12.8. The van der Waals surface area contributed by atoms with Crippen molar-refractivity contribution in [1.82, 2.24) is 0 Å².